The molecular formula is C17H21N3. The van der Waals surface area contributed by atoms with Gasteiger partial charge in [0.1, 0.15) is 0 Å². The van der Waals surface area contributed by atoms with Gasteiger partial charge in [-0.15, -0.1) is 0 Å². The maximum atomic E-state index is 4.47. The van der Waals surface area contributed by atoms with Crippen LogP contribution in [0.1, 0.15) is 25.7 Å². The summed E-state index contributed by atoms with van der Waals surface area (Å²) < 4.78 is 2.29. The van der Waals surface area contributed by atoms with Gasteiger partial charge in [0.25, 0.3) is 0 Å². The molecule has 0 aliphatic heterocycles. The molecular weight excluding hydrogens is 246 g/mol. The summed E-state index contributed by atoms with van der Waals surface area (Å²) in [7, 11) is 0. The van der Waals surface area contributed by atoms with Crippen LogP contribution in [0.25, 0.3) is 0 Å². The van der Waals surface area contributed by atoms with Crippen LogP contribution in [0.4, 0.5) is 11.6 Å². The van der Waals surface area contributed by atoms with Crippen molar-refractivity contribution >= 4 is 11.6 Å². The Hall–Kier alpha value is -1.77. The minimum Gasteiger partial charge on any atom is -0.326 e. The lowest BCUT2D eigenvalue weighted by Crippen LogP contribution is -2.17. The van der Waals surface area contributed by atoms with Gasteiger partial charge in [-0.1, -0.05) is 24.6 Å². The summed E-state index contributed by atoms with van der Waals surface area (Å²) in [5, 5.41) is 3.42. The van der Waals surface area contributed by atoms with Crippen LogP contribution in [-0.4, -0.2) is 9.55 Å². The van der Waals surface area contributed by atoms with E-state index in [1.54, 1.807) is 0 Å². The standard InChI is InChI=1S/C17H21N3/c1-2-4-16(5-3-1)19-17-18-8-9-20(17)12-15-11-13-6-7-14(15)10-13/h1-5,8-9,13-15H,6-7,10-12H2,(H,18,19). The Morgan fingerprint density at radius 3 is 2.80 bits per heavy atom. The van der Waals surface area contributed by atoms with Crippen molar-refractivity contribution < 1.29 is 0 Å². The van der Waals surface area contributed by atoms with Gasteiger partial charge in [-0.05, 0) is 49.1 Å². The van der Waals surface area contributed by atoms with E-state index in [-0.39, 0.29) is 0 Å². The van der Waals surface area contributed by atoms with Gasteiger partial charge in [0.2, 0.25) is 5.95 Å². The molecule has 0 spiro atoms. The topological polar surface area (TPSA) is 29.9 Å². The van der Waals surface area contributed by atoms with Gasteiger partial charge in [-0.3, -0.25) is 0 Å². The SMILES string of the molecule is c1ccc(Nc2nccn2CC2CC3CCC2C3)cc1. The number of imidazole rings is 1. The molecule has 4 rings (SSSR count). The molecule has 0 radical (unpaired) electrons. The number of para-hydroxylation sites is 1. The van der Waals surface area contributed by atoms with Crippen molar-refractivity contribution in [3.05, 3.63) is 42.7 Å². The van der Waals surface area contributed by atoms with Gasteiger partial charge in [0, 0.05) is 24.6 Å². The summed E-state index contributed by atoms with van der Waals surface area (Å²) >= 11 is 0. The second kappa shape index (κ2) is 4.97. The van der Waals surface area contributed by atoms with Gasteiger partial charge < -0.3 is 9.88 Å². The van der Waals surface area contributed by atoms with Gasteiger partial charge in [0.05, 0.1) is 0 Å². The quantitative estimate of drug-likeness (QED) is 0.905. The number of fused-ring (bicyclic) bond motifs is 2. The van der Waals surface area contributed by atoms with Crippen LogP contribution < -0.4 is 5.32 Å². The molecule has 2 saturated carbocycles. The summed E-state index contributed by atoms with van der Waals surface area (Å²) in [6, 6.07) is 10.3. The fourth-order valence-corrected chi connectivity index (χ4v) is 4.08. The summed E-state index contributed by atoms with van der Waals surface area (Å²) in [5.74, 6) is 3.81. The maximum Gasteiger partial charge on any atom is 0.207 e. The molecule has 2 bridgehead atoms. The van der Waals surface area contributed by atoms with Crippen molar-refractivity contribution in [2.24, 2.45) is 17.8 Å². The number of aromatic nitrogens is 2. The molecule has 3 nitrogen and oxygen atoms in total. The van der Waals surface area contributed by atoms with Crippen molar-refractivity contribution in [3.63, 3.8) is 0 Å². The number of anilines is 2. The number of rotatable bonds is 4. The predicted octanol–water partition coefficient (Wildman–Crippen LogP) is 4.06. The fourth-order valence-electron chi connectivity index (χ4n) is 4.08. The van der Waals surface area contributed by atoms with Gasteiger partial charge in [-0.2, -0.15) is 0 Å². The summed E-state index contributed by atoms with van der Waals surface area (Å²) in [5.41, 5.74) is 1.10. The Bertz CT molecular complexity index is 575. The normalized spacial score (nSPS) is 27.9. The summed E-state index contributed by atoms with van der Waals surface area (Å²) in [6.45, 7) is 1.12. The van der Waals surface area contributed by atoms with E-state index < -0.39 is 0 Å². The second-order valence-electron chi connectivity index (χ2n) is 6.33. The maximum absolute atomic E-state index is 4.47. The zero-order valence-electron chi connectivity index (χ0n) is 11.7. The van der Waals surface area contributed by atoms with Crippen LogP contribution in [0.2, 0.25) is 0 Å². The van der Waals surface area contributed by atoms with Crippen molar-refractivity contribution in [2.75, 3.05) is 5.32 Å². The molecule has 0 saturated heterocycles. The molecule has 3 unspecified atom stereocenters. The average Bonchev–Trinajstić information content (AvgIpc) is 3.18. The fraction of sp³-hybridized carbons (Fsp3) is 0.471. The minimum absolute atomic E-state index is 0.860. The number of nitrogens with zero attached hydrogens (tertiary/aromatic N) is 2. The molecule has 1 heterocycles. The van der Waals surface area contributed by atoms with Crippen molar-refractivity contribution in [3.8, 4) is 0 Å². The van der Waals surface area contributed by atoms with E-state index in [4.69, 9.17) is 0 Å². The highest BCUT2D eigenvalue weighted by atomic mass is 15.2. The van der Waals surface area contributed by atoms with Crippen LogP contribution in [0.5, 0.6) is 0 Å². The van der Waals surface area contributed by atoms with E-state index in [9.17, 15) is 0 Å². The van der Waals surface area contributed by atoms with Crippen molar-refractivity contribution in [1.82, 2.24) is 9.55 Å². The third kappa shape index (κ3) is 2.21. The largest absolute Gasteiger partial charge is 0.326 e. The number of benzene rings is 1. The first-order chi connectivity index (χ1) is 9.88. The highest BCUT2D eigenvalue weighted by Crippen LogP contribution is 2.49. The lowest BCUT2D eigenvalue weighted by Gasteiger charge is -2.23. The number of hydrogen-bond acceptors (Lipinski definition) is 2. The summed E-state index contributed by atoms with van der Waals surface area (Å²) in [4.78, 5) is 4.47. The molecule has 2 aromatic rings. The molecule has 20 heavy (non-hydrogen) atoms. The van der Waals surface area contributed by atoms with E-state index in [1.165, 1.54) is 25.7 Å². The number of hydrogen-bond donors (Lipinski definition) is 1. The van der Waals surface area contributed by atoms with E-state index >= 15 is 0 Å². The zero-order chi connectivity index (χ0) is 13.4. The monoisotopic (exact) mass is 267 g/mol. The molecule has 2 aliphatic carbocycles. The lowest BCUT2D eigenvalue weighted by molar-refractivity contribution is 0.297. The highest BCUT2D eigenvalue weighted by Gasteiger charge is 2.39. The van der Waals surface area contributed by atoms with Gasteiger partial charge in [0.15, 0.2) is 0 Å². The van der Waals surface area contributed by atoms with Gasteiger partial charge >= 0.3 is 0 Å². The minimum atomic E-state index is 0.860. The van der Waals surface area contributed by atoms with Crippen molar-refractivity contribution in [2.45, 2.75) is 32.2 Å². The van der Waals surface area contributed by atoms with E-state index in [0.717, 1.165) is 35.9 Å². The average molecular weight is 267 g/mol. The molecule has 2 aliphatic rings. The third-order valence-electron chi connectivity index (χ3n) is 5.06. The Balaban J connectivity index is 1.48. The first kappa shape index (κ1) is 12.0. The first-order valence-electron chi connectivity index (χ1n) is 7.71. The van der Waals surface area contributed by atoms with Crippen LogP contribution in [-0.2, 0) is 6.54 Å². The Morgan fingerprint density at radius 1 is 1.15 bits per heavy atom. The zero-order valence-corrected chi connectivity index (χ0v) is 11.7. The van der Waals surface area contributed by atoms with E-state index in [1.807, 2.05) is 24.4 Å². The van der Waals surface area contributed by atoms with Crippen LogP contribution in [0.15, 0.2) is 42.7 Å². The second-order valence-corrected chi connectivity index (χ2v) is 6.33. The molecule has 2 fully saturated rings. The molecule has 104 valence electrons. The smallest absolute Gasteiger partial charge is 0.207 e. The van der Waals surface area contributed by atoms with Crippen LogP contribution in [0, 0.1) is 17.8 Å². The predicted molar refractivity (Wildman–Crippen MR) is 80.9 cm³/mol. The Kier molecular flexibility index (Phi) is 2.98. The first-order valence-corrected chi connectivity index (χ1v) is 7.71. The van der Waals surface area contributed by atoms with Gasteiger partial charge in [-0.25, -0.2) is 4.98 Å². The highest BCUT2D eigenvalue weighted by molar-refractivity contribution is 5.53. The molecule has 3 heteroatoms. The summed E-state index contributed by atoms with van der Waals surface area (Å²) in [6.07, 6.45) is 9.83. The third-order valence-corrected chi connectivity index (χ3v) is 5.06. The molecule has 3 atom stereocenters. The lowest BCUT2D eigenvalue weighted by atomic mass is 9.89. The molecule has 1 aromatic heterocycles. The number of nitrogens with one attached hydrogen (secondary N) is 1. The Morgan fingerprint density at radius 2 is 2.05 bits per heavy atom. The molecule has 0 amide bonds. The van der Waals surface area contributed by atoms with E-state index in [0.29, 0.717) is 0 Å². The molecule has 1 N–H and O–H groups in total. The van der Waals surface area contributed by atoms with E-state index in [2.05, 4.69) is 33.2 Å². The van der Waals surface area contributed by atoms with Crippen molar-refractivity contribution in [1.29, 1.82) is 0 Å². The van der Waals surface area contributed by atoms with Crippen LogP contribution >= 0.6 is 0 Å². The van der Waals surface area contributed by atoms with Crippen LogP contribution in [0.3, 0.4) is 0 Å². The molecule has 1 aromatic carbocycles. The Labute approximate surface area is 120 Å².